The van der Waals surface area contributed by atoms with E-state index in [0.717, 1.165) is 0 Å². The first-order chi connectivity index (χ1) is 8.68. The van der Waals surface area contributed by atoms with E-state index in [1.54, 1.807) is 0 Å². The molecule has 0 spiro atoms. The van der Waals surface area contributed by atoms with Crippen LogP contribution >= 0.6 is 11.6 Å². The highest BCUT2D eigenvalue weighted by Crippen LogP contribution is 2.35. The third-order valence-corrected chi connectivity index (χ3v) is 2.30. The van der Waals surface area contributed by atoms with Crippen molar-refractivity contribution in [2.24, 2.45) is 0 Å². The van der Waals surface area contributed by atoms with E-state index in [-0.39, 0.29) is 12.7 Å². The topological polar surface area (TPSA) is 39.2 Å². The summed E-state index contributed by atoms with van der Waals surface area (Å²) in [7, 11) is 0. The molecule has 0 N–H and O–H groups in total. The number of hydrogen-bond donors (Lipinski definition) is 0. The van der Waals surface area contributed by atoms with Gasteiger partial charge in [-0.1, -0.05) is 11.6 Å². The van der Waals surface area contributed by atoms with Gasteiger partial charge in [0.15, 0.2) is 0 Å². The highest BCUT2D eigenvalue weighted by atomic mass is 35.5. The van der Waals surface area contributed by atoms with Gasteiger partial charge in [0.25, 0.3) is 6.43 Å². The maximum Gasteiger partial charge on any atom is 0.433 e. The average Bonchev–Trinajstić information content (AvgIpc) is 2.26. The van der Waals surface area contributed by atoms with E-state index in [1.165, 1.54) is 6.92 Å². The van der Waals surface area contributed by atoms with Crippen molar-refractivity contribution in [1.29, 1.82) is 0 Å². The van der Waals surface area contributed by atoms with Crippen LogP contribution < -0.4 is 0 Å². The molecule has 19 heavy (non-hydrogen) atoms. The predicted octanol–water partition coefficient (Wildman–Crippen LogP) is 3.87. The second-order valence-corrected chi connectivity index (χ2v) is 3.64. The van der Waals surface area contributed by atoms with Gasteiger partial charge in [-0.25, -0.2) is 18.6 Å². The van der Waals surface area contributed by atoms with Gasteiger partial charge in [-0.2, -0.15) is 13.2 Å². The second-order valence-electron chi connectivity index (χ2n) is 3.28. The highest BCUT2D eigenvalue weighted by molar-refractivity contribution is 6.30. The van der Waals surface area contributed by atoms with Gasteiger partial charge < -0.3 is 4.74 Å². The predicted molar refractivity (Wildman–Crippen MR) is 55.2 cm³/mol. The first-order valence-electron chi connectivity index (χ1n) is 4.91. The quantitative estimate of drug-likeness (QED) is 0.483. The number of rotatable bonds is 3. The van der Waals surface area contributed by atoms with E-state index >= 15 is 0 Å². The number of nitrogens with zero attached hydrogens (tertiary/aromatic N) is 1. The van der Waals surface area contributed by atoms with Gasteiger partial charge in [-0.15, -0.1) is 0 Å². The van der Waals surface area contributed by atoms with Gasteiger partial charge in [-0.05, 0) is 13.0 Å². The Morgan fingerprint density at radius 3 is 2.47 bits per heavy atom. The minimum atomic E-state index is -4.91. The summed E-state index contributed by atoms with van der Waals surface area (Å²) in [5, 5.41) is -1.08. The summed E-state index contributed by atoms with van der Waals surface area (Å²) in [6.45, 7) is 1.20. The number of hydrogen-bond acceptors (Lipinski definition) is 3. The molecule has 1 rings (SSSR count). The lowest BCUT2D eigenvalue weighted by Gasteiger charge is -2.13. The number of halogens is 6. The van der Waals surface area contributed by atoms with Crippen molar-refractivity contribution in [2.45, 2.75) is 19.5 Å². The van der Waals surface area contributed by atoms with Gasteiger partial charge in [-0.3, -0.25) is 0 Å². The fourth-order valence-electron chi connectivity index (χ4n) is 1.25. The smallest absolute Gasteiger partial charge is 0.433 e. The number of ether oxygens (including phenoxy) is 1. The van der Waals surface area contributed by atoms with Gasteiger partial charge in [0.1, 0.15) is 10.8 Å². The molecule has 0 fully saturated rings. The monoisotopic (exact) mass is 303 g/mol. The fraction of sp³-hybridized carbons (Fsp3) is 0.400. The van der Waals surface area contributed by atoms with Crippen LogP contribution in [0.2, 0.25) is 5.15 Å². The molecule has 0 saturated heterocycles. The molecule has 1 heterocycles. The highest BCUT2D eigenvalue weighted by Gasteiger charge is 2.36. The van der Waals surface area contributed by atoms with Gasteiger partial charge in [0.2, 0.25) is 0 Å². The number of alkyl halides is 5. The Hall–Kier alpha value is -1.44. The summed E-state index contributed by atoms with van der Waals surface area (Å²) >= 11 is 5.28. The van der Waals surface area contributed by atoms with Crippen molar-refractivity contribution in [3.05, 3.63) is 28.0 Å². The van der Waals surface area contributed by atoms with Crippen molar-refractivity contribution in [1.82, 2.24) is 4.98 Å². The second kappa shape index (κ2) is 5.68. The van der Waals surface area contributed by atoms with Crippen LogP contribution in [0, 0.1) is 0 Å². The lowest BCUT2D eigenvalue weighted by Crippen LogP contribution is -2.15. The third-order valence-electron chi connectivity index (χ3n) is 2.02. The van der Waals surface area contributed by atoms with Crippen molar-refractivity contribution >= 4 is 17.6 Å². The summed E-state index contributed by atoms with van der Waals surface area (Å²) < 4.78 is 67.2. The van der Waals surface area contributed by atoms with Gasteiger partial charge in [0, 0.05) is 0 Å². The summed E-state index contributed by atoms with van der Waals surface area (Å²) in [6.07, 6.45) is -8.16. The summed E-state index contributed by atoms with van der Waals surface area (Å²) in [5.74, 6) is -1.31. The molecule has 0 amide bonds. The summed E-state index contributed by atoms with van der Waals surface area (Å²) in [6, 6.07) is 0.200. The number of pyridine rings is 1. The number of carbonyl (C=O) groups is 1. The van der Waals surface area contributed by atoms with Crippen LogP contribution in [-0.4, -0.2) is 17.6 Å². The first kappa shape index (κ1) is 15.6. The molecule has 0 unspecified atom stereocenters. The summed E-state index contributed by atoms with van der Waals surface area (Å²) in [4.78, 5) is 14.2. The van der Waals surface area contributed by atoms with Crippen molar-refractivity contribution in [3.63, 3.8) is 0 Å². The molecule has 0 saturated carbocycles. The zero-order valence-electron chi connectivity index (χ0n) is 9.39. The minimum absolute atomic E-state index is 0.178. The Balaban J connectivity index is 3.46. The zero-order chi connectivity index (χ0) is 14.8. The maximum atomic E-state index is 12.7. The molecule has 1 aromatic heterocycles. The zero-order valence-corrected chi connectivity index (χ0v) is 10.1. The number of esters is 1. The lowest BCUT2D eigenvalue weighted by atomic mass is 10.1. The van der Waals surface area contributed by atoms with Crippen LogP contribution in [0.5, 0.6) is 0 Å². The van der Waals surface area contributed by atoms with E-state index in [0.29, 0.717) is 0 Å². The van der Waals surface area contributed by atoms with Crippen LogP contribution in [0.4, 0.5) is 22.0 Å². The summed E-state index contributed by atoms with van der Waals surface area (Å²) in [5.41, 5.74) is -3.55. The fourth-order valence-corrected chi connectivity index (χ4v) is 1.53. The molecule has 9 heteroatoms. The Kier molecular flexibility index (Phi) is 4.67. The molecule has 106 valence electrons. The Labute approximate surface area is 109 Å². The largest absolute Gasteiger partial charge is 0.462 e. The molecule has 0 atom stereocenters. The molecule has 1 aromatic rings. The molecule has 3 nitrogen and oxygen atoms in total. The Bertz CT molecular complexity index is 490. The lowest BCUT2D eigenvalue weighted by molar-refractivity contribution is -0.141. The Morgan fingerprint density at radius 2 is 2.05 bits per heavy atom. The van der Waals surface area contributed by atoms with Crippen LogP contribution in [0.1, 0.15) is 35.0 Å². The van der Waals surface area contributed by atoms with Gasteiger partial charge in [0.05, 0.1) is 17.7 Å². The van der Waals surface area contributed by atoms with Crippen LogP contribution in [-0.2, 0) is 10.9 Å². The average molecular weight is 304 g/mol. The Morgan fingerprint density at radius 1 is 1.47 bits per heavy atom. The van der Waals surface area contributed by atoms with E-state index in [9.17, 15) is 26.7 Å². The third kappa shape index (κ3) is 3.52. The molecule has 0 aliphatic heterocycles. The molecule has 0 aromatic carbocycles. The standard InChI is InChI=1S/C10H7ClF5NO2/c1-2-19-9(18)4-3-5(10(14,15)16)17-7(11)6(4)8(12)13/h3,8H,2H2,1H3. The van der Waals surface area contributed by atoms with Crippen molar-refractivity contribution < 1.29 is 31.5 Å². The van der Waals surface area contributed by atoms with E-state index < -0.39 is 40.5 Å². The van der Waals surface area contributed by atoms with Crippen molar-refractivity contribution in [3.8, 4) is 0 Å². The molecule has 0 radical (unpaired) electrons. The molecule has 0 bridgehead atoms. The number of carbonyl (C=O) groups excluding carboxylic acids is 1. The first-order valence-corrected chi connectivity index (χ1v) is 5.29. The van der Waals surface area contributed by atoms with Crippen LogP contribution in [0.25, 0.3) is 0 Å². The van der Waals surface area contributed by atoms with Crippen LogP contribution in [0.3, 0.4) is 0 Å². The van der Waals surface area contributed by atoms with Crippen molar-refractivity contribution in [2.75, 3.05) is 6.61 Å². The molecule has 0 aliphatic carbocycles. The minimum Gasteiger partial charge on any atom is -0.462 e. The maximum absolute atomic E-state index is 12.7. The van der Waals surface area contributed by atoms with Gasteiger partial charge >= 0.3 is 12.1 Å². The molecular formula is C10H7ClF5NO2. The van der Waals surface area contributed by atoms with E-state index in [1.807, 2.05) is 0 Å². The van der Waals surface area contributed by atoms with E-state index in [4.69, 9.17) is 11.6 Å². The normalized spacial score (nSPS) is 11.8. The SMILES string of the molecule is CCOC(=O)c1cc(C(F)(F)F)nc(Cl)c1C(F)F. The number of aromatic nitrogens is 1. The van der Waals surface area contributed by atoms with E-state index in [2.05, 4.69) is 9.72 Å². The molecular weight excluding hydrogens is 297 g/mol. The van der Waals surface area contributed by atoms with Crippen LogP contribution in [0.15, 0.2) is 6.07 Å². The molecule has 0 aliphatic rings.